The summed E-state index contributed by atoms with van der Waals surface area (Å²) in [6.07, 6.45) is 0.458. The number of halogens is 1. The molecule has 0 aromatic rings. The van der Waals surface area contributed by atoms with Crippen molar-refractivity contribution in [3.63, 3.8) is 0 Å². The van der Waals surface area contributed by atoms with E-state index in [1.54, 1.807) is 13.8 Å². The highest BCUT2D eigenvalue weighted by atomic mass is 79.9. The summed E-state index contributed by atoms with van der Waals surface area (Å²) in [4.78, 5) is 21.7. The first-order valence-electron chi connectivity index (χ1n) is 4.07. The molecule has 0 aliphatic rings. The minimum atomic E-state index is -0.378. The topological polar surface area (TPSA) is 52.6 Å². The Morgan fingerprint density at radius 2 is 1.85 bits per heavy atom. The van der Waals surface area contributed by atoms with Crippen LogP contribution in [-0.2, 0) is 18.2 Å². The van der Waals surface area contributed by atoms with Gasteiger partial charge in [-0.15, -0.1) is 0 Å². The molecule has 0 bridgehead atoms. The molecule has 0 saturated carbocycles. The van der Waals surface area contributed by atoms with Gasteiger partial charge in [-0.05, 0) is 12.8 Å². The first-order valence-corrected chi connectivity index (χ1v) is 4.72. The largest absolute Gasteiger partial charge is 0.466 e. The van der Waals surface area contributed by atoms with Crippen molar-refractivity contribution in [3.8, 4) is 0 Å². The first kappa shape index (κ1) is 12.4. The molecule has 1 unspecified atom stereocenters. The zero-order valence-corrected chi connectivity index (χ0v) is 9.30. The Morgan fingerprint density at radius 1 is 1.31 bits per heavy atom. The molecule has 13 heavy (non-hydrogen) atoms. The maximum atomic E-state index is 10.9. The minimum absolute atomic E-state index is 0.0518. The van der Waals surface area contributed by atoms with Crippen molar-refractivity contribution in [2.45, 2.75) is 26.7 Å². The fourth-order valence-electron chi connectivity index (χ4n) is 0.893. The third-order valence-corrected chi connectivity index (χ3v) is 1.78. The number of carbonyl (C=O) groups is 2. The molecule has 5 heteroatoms. The molecule has 0 aliphatic heterocycles. The number of esters is 1. The van der Waals surface area contributed by atoms with Gasteiger partial charge in [0.1, 0.15) is 0 Å². The Balaban J connectivity index is 3.67. The lowest BCUT2D eigenvalue weighted by molar-refractivity contribution is -0.144. The van der Waals surface area contributed by atoms with Crippen LogP contribution in [0, 0.1) is 5.92 Å². The fraction of sp³-hybridized carbons (Fsp3) is 0.750. The second-order valence-corrected chi connectivity index (χ2v) is 3.09. The van der Waals surface area contributed by atoms with Crippen molar-refractivity contribution >= 4 is 28.2 Å². The summed E-state index contributed by atoms with van der Waals surface area (Å²) in [5, 5.41) is 0. The Hall–Kier alpha value is -0.580. The van der Waals surface area contributed by atoms with E-state index in [1.165, 1.54) is 0 Å². The van der Waals surface area contributed by atoms with Gasteiger partial charge in [0.2, 0.25) is 0 Å². The average molecular weight is 253 g/mol. The Kier molecular flexibility index (Phi) is 6.58. The van der Waals surface area contributed by atoms with Gasteiger partial charge < -0.3 is 8.57 Å². The number of carbonyl (C=O) groups excluding carboxylic acids is 2. The number of rotatable bonds is 5. The number of hydrogen-bond acceptors (Lipinski definition) is 4. The molecule has 1 atom stereocenters. The van der Waals surface area contributed by atoms with E-state index in [-0.39, 0.29) is 30.7 Å². The van der Waals surface area contributed by atoms with Crippen molar-refractivity contribution < 1.29 is 18.2 Å². The van der Waals surface area contributed by atoms with E-state index in [2.05, 4.69) is 20.1 Å². The summed E-state index contributed by atoms with van der Waals surface area (Å²) >= 11 is 2.57. The third kappa shape index (κ3) is 6.57. The predicted octanol–water partition coefficient (Wildman–Crippen LogP) is 1.82. The van der Waals surface area contributed by atoms with Crippen LogP contribution < -0.4 is 0 Å². The van der Waals surface area contributed by atoms with E-state index >= 15 is 0 Å². The standard InChI is InChI=1S/C8H13BrO4/c1-3-12-7(10)4-6(2)5-8(11)13-9/h6H,3-5H2,1-2H3. The molecule has 0 fully saturated rings. The molecule has 0 spiro atoms. The van der Waals surface area contributed by atoms with E-state index in [4.69, 9.17) is 4.74 Å². The van der Waals surface area contributed by atoms with Crippen LogP contribution in [0.5, 0.6) is 0 Å². The van der Waals surface area contributed by atoms with Gasteiger partial charge in [0.25, 0.3) is 0 Å². The van der Waals surface area contributed by atoms with E-state index in [0.717, 1.165) is 0 Å². The summed E-state index contributed by atoms with van der Waals surface area (Å²) < 4.78 is 9.01. The number of ether oxygens (including phenoxy) is 1. The molecule has 0 heterocycles. The Bertz CT molecular complexity index is 181. The predicted molar refractivity (Wildman–Crippen MR) is 50.1 cm³/mol. The van der Waals surface area contributed by atoms with Crippen LogP contribution in [-0.4, -0.2) is 18.5 Å². The lowest BCUT2D eigenvalue weighted by Crippen LogP contribution is -2.12. The Labute approximate surface area is 86.0 Å². The summed E-state index contributed by atoms with van der Waals surface area (Å²) in [5.74, 6) is -0.710. The van der Waals surface area contributed by atoms with E-state index in [1.807, 2.05) is 0 Å². The maximum absolute atomic E-state index is 10.9. The van der Waals surface area contributed by atoms with Gasteiger partial charge in [-0.25, -0.2) is 0 Å². The molecule has 0 N–H and O–H groups in total. The van der Waals surface area contributed by atoms with Crippen LogP contribution >= 0.6 is 16.3 Å². The first-order chi connectivity index (χ1) is 6.10. The molecule has 0 radical (unpaired) electrons. The van der Waals surface area contributed by atoms with E-state index in [0.29, 0.717) is 6.61 Å². The molecule has 0 saturated heterocycles. The van der Waals surface area contributed by atoms with Crippen LogP contribution in [0.15, 0.2) is 0 Å². The lowest BCUT2D eigenvalue weighted by Gasteiger charge is -2.07. The number of hydrogen-bond donors (Lipinski definition) is 0. The minimum Gasteiger partial charge on any atom is -0.466 e. The second-order valence-electron chi connectivity index (χ2n) is 2.77. The molecule has 0 aromatic carbocycles. The van der Waals surface area contributed by atoms with Crippen LogP contribution in [0.2, 0.25) is 0 Å². The van der Waals surface area contributed by atoms with Gasteiger partial charge in [0.05, 0.1) is 6.61 Å². The third-order valence-electron chi connectivity index (χ3n) is 1.42. The highest BCUT2D eigenvalue weighted by Crippen LogP contribution is 2.10. The smallest absolute Gasteiger partial charge is 0.317 e. The maximum Gasteiger partial charge on any atom is 0.317 e. The van der Waals surface area contributed by atoms with Gasteiger partial charge in [0.15, 0.2) is 16.3 Å². The summed E-state index contributed by atoms with van der Waals surface area (Å²) in [6.45, 7) is 3.91. The normalized spacial score (nSPS) is 11.9. The fourth-order valence-corrected chi connectivity index (χ4v) is 1.02. The quantitative estimate of drug-likeness (QED) is 0.701. The lowest BCUT2D eigenvalue weighted by atomic mass is 10.0. The molecule has 0 aromatic heterocycles. The zero-order chi connectivity index (χ0) is 10.3. The molecule has 0 aliphatic carbocycles. The van der Waals surface area contributed by atoms with Crippen molar-refractivity contribution in [2.24, 2.45) is 5.92 Å². The van der Waals surface area contributed by atoms with E-state index in [9.17, 15) is 9.59 Å². The SMILES string of the molecule is CCOC(=O)CC(C)CC(=O)OBr. The summed E-state index contributed by atoms with van der Waals surface area (Å²) in [7, 11) is 0. The van der Waals surface area contributed by atoms with Crippen LogP contribution in [0.3, 0.4) is 0 Å². The highest BCUT2D eigenvalue weighted by Gasteiger charge is 2.14. The summed E-state index contributed by atoms with van der Waals surface area (Å²) in [5.41, 5.74) is 0. The average Bonchev–Trinajstić information content (AvgIpc) is 2.04. The molecular weight excluding hydrogens is 240 g/mol. The van der Waals surface area contributed by atoms with Gasteiger partial charge in [-0.3, -0.25) is 9.59 Å². The monoisotopic (exact) mass is 252 g/mol. The van der Waals surface area contributed by atoms with Gasteiger partial charge >= 0.3 is 11.9 Å². The van der Waals surface area contributed by atoms with Crippen molar-refractivity contribution in [2.75, 3.05) is 6.61 Å². The summed E-state index contributed by atoms with van der Waals surface area (Å²) in [6, 6.07) is 0. The van der Waals surface area contributed by atoms with Crippen LogP contribution in [0.4, 0.5) is 0 Å². The second kappa shape index (κ2) is 6.88. The van der Waals surface area contributed by atoms with Crippen LogP contribution in [0.1, 0.15) is 26.7 Å². The molecular formula is C8H13BrO4. The zero-order valence-electron chi connectivity index (χ0n) is 7.71. The van der Waals surface area contributed by atoms with Crippen molar-refractivity contribution in [1.82, 2.24) is 0 Å². The van der Waals surface area contributed by atoms with E-state index < -0.39 is 0 Å². The molecule has 0 amide bonds. The molecule has 4 nitrogen and oxygen atoms in total. The van der Waals surface area contributed by atoms with Gasteiger partial charge in [0, 0.05) is 12.8 Å². The highest BCUT2D eigenvalue weighted by molar-refractivity contribution is 9.06. The van der Waals surface area contributed by atoms with Crippen molar-refractivity contribution in [3.05, 3.63) is 0 Å². The molecule has 76 valence electrons. The molecule has 0 rings (SSSR count). The van der Waals surface area contributed by atoms with Gasteiger partial charge in [-0.1, -0.05) is 6.92 Å². The van der Waals surface area contributed by atoms with Crippen molar-refractivity contribution in [1.29, 1.82) is 0 Å². The van der Waals surface area contributed by atoms with Crippen LogP contribution in [0.25, 0.3) is 0 Å². The Morgan fingerprint density at radius 3 is 2.31 bits per heavy atom. The van der Waals surface area contributed by atoms with Gasteiger partial charge in [-0.2, -0.15) is 0 Å².